The molecule has 11 nitrogen and oxygen atoms in total. The van der Waals surface area contributed by atoms with Crippen molar-refractivity contribution >= 4 is 23.5 Å². The van der Waals surface area contributed by atoms with Crippen molar-refractivity contribution in [1.29, 1.82) is 0 Å². The summed E-state index contributed by atoms with van der Waals surface area (Å²) in [5.41, 5.74) is -0.0600. The van der Waals surface area contributed by atoms with Gasteiger partial charge in [0.25, 0.3) is 0 Å². The zero-order chi connectivity index (χ0) is 28.0. The molecular formula is C28H40N4O7. The zero-order valence-corrected chi connectivity index (χ0v) is 22.9. The van der Waals surface area contributed by atoms with Gasteiger partial charge in [-0.2, -0.15) is 0 Å². The van der Waals surface area contributed by atoms with Gasteiger partial charge in [-0.15, -0.1) is 0 Å². The molecule has 1 saturated carbocycles. The van der Waals surface area contributed by atoms with E-state index < -0.39 is 35.5 Å². The Hall–Kier alpha value is -3.02. The predicted molar refractivity (Wildman–Crippen MR) is 142 cm³/mol. The Morgan fingerprint density at radius 3 is 2.36 bits per heavy atom. The maximum Gasteiger partial charge on any atom is 0.243 e. The van der Waals surface area contributed by atoms with Crippen molar-refractivity contribution in [2.75, 3.05) is 33.4 Å². The van der Waals surface area contributed by atoms with E-state index in [1.807, 2.05) is 12.1 Å². The number of hydrogen-bond donors (Lipinski definition) is 4. The smallest absolute Gasteiger partial charge is 0.243 e. The van der Waals surface area contributed by atoms with Gasteiger partial charge in [0.1, 0.15) is 23.4 Å². The van der Waals surface area contributed by atoms with Crippen LogP contribution in [0, 0.1) is 5.92 Å². The molecule has 4 N–H and O–H groups in total. The molecule has 0 spiro atoms. The second-order valence-electron chi connectivity index (χ2n) is 10.9. The van der Waals surface area contributed by atoms with Gasteiger partial charge in [0.05, 0.1) is 38.9 Å². The third-order valence-electron chi connectivity index (χ3n) is 7.42. The molecule has 0 aromatic heterocycles. The summed E-state index contributed by atoms with van der Waals surface area (Å²) in [4.78, 5) is 52.2. The number of hydrogen-bond acceptors (Lipinski definition) is 8. The number of methoxy groups -OCH3 is 1. The summed E-state index contributed by atoms with van der Waals surface area (Å²) in [6, 6.07) is 4.68. The van der Waals surface area contributed by atoms with Crippen LogP contribution in [0.15, 0.2) is 24.3 Å². The summed E-state index contributed by atoms with van der Waals surface area (Å²) in [5.74, 6) is -0.336. The summed E-state index contributed by atoms with van der Waals surface area (Å²) in [6.07, 6.45) is 2.69. The zero-order valence-electron chi connectivity index (χ0n) is 22.9. The Kier molecular flexibility index (Phi) is 9.58. The van der Waals surface area contributed by atoms with Crippen LogP contribution < -0.4 is 26.0 Å². The van der Waals surface area contributed by atoms with Crippen molar-refractivity contribution in [3.05, 3.63) is 29.8 Å². The van der Waals surface area contributed by atoms with Gasteiger partial charge in [0.2, 0.25) is 17.7 Å². The van der Waals surface area contributed by atoms with Crippen LogP contribution in [0.25, 0.3) is 0 Å². The second-order valence-corrected chi connectivity index (χ2v) is 10.9. The van der Waals surface area contributed by atoms with Gasteiger partial charge in [0.15, 0.2) is 5.78 Å². The van der Waals surface area contributed by atoms with Gasteiger partial charge in [-0.25, -0.2) is 0 Å². The van der Waals surface area contributed by atoms with E-state index in [2.05, 4.69) is 21.3 Å². The van der Waals surface area contributed by atoms with Crippen molar-refractivity contribution < 1.29 is 33.4 Å². The Morgan fingerprint density at radius 1 is 1.08 bits per heavy atom. The topological polar surface area (TPSA) is 147 Å². The summed E-state index contributed by atoms with van der Waals surface area (Å²) in [6.45, 7) is 5.49. The molecule has 214 valence electrons. The van der Waals surface area contributed by atoms with Gasteiger partial charge in [-0.3, -0.25) is 19.2 Å². The first-order chi connectivity index (χ1) is 18.7. The average Bonchev–Trinajstić information content (AvgIpc) is 3.87. The average molecular weight is 545 g/mol. The van der Waals surface area contributed by atoms with E-state index in [1.165, 1.54) is 0 Å². The fourth-order valence-electron chi connectivity index (χ4n) is 4.64. The lowest BCUT2D eigenvalue weighted by Crippen LogP contribution is -2.57. The monoisotopic (exact) mass is 544 g/mol. The molecule has 5 atom stereocenters. The molecule has 2 heterocycles. The van der Waals surface area contributed by atoms with Crippen molar-refractivity contribution in [2.45, 2.75) is 75.8 Å². The van der Waals surface area contributed by atoms with Crippen LogP contribution in [0.5, 0.6) is 5.75 Å². The number of ketones is 1. The number of carbonyl (C=O) groups excluding carboxylic acids is 4. The fraction of sp³-hybridized carbons (Fsp3) is 0.643. The highest BCUT2D eigenvalue weighted by Crippen LogP contribution is 2.36. The minimum absolute atomic E-state index is 0.131. The molecule has 3 amide bonds. The van der Waals surface area contributed by atoms with Crippen LogP contribution in [0.4, 0.5) is 0 Å². The normalized spacial score (nSPS) is 24.5. The van der Waals surface area contributed by atoms with Crippen molar-refractivity contribution in [1.82, 2.24) is 21.3 Å². The SMILES string of the molecule is COc1ccc(C[C@H](NC(=O)[C@H](C)NC(=O)CC2CNCCO2)C(=O)N[C@@H](CC2CC2)C(=O)[C@@]2(C)CO2)cc1. The summed E-state index contributed by atoms with van der Waals surface area (Å²) in [7, 11) is 1.57. The number of nitrogens with one attached hydrogen (secondary N) is 4. The van der Waals surface area contributed by atoms with Crippen LogP contribution >= 0.6 is 0 Å². The molecule has 1 aromatic carbocycles. The third kappa shape index (κ3) is 8.48. The lowest BCUT2D eigenvalue weighted by Gasteiger charge is -2.26. The molecule has 39 heavy (non-hydrogen) atoms. The van der Waals surface area contributed by atoms with Crippen LogP contribution in [-0.4, -0.2) is 86.7 Å². The largest absolute Gasteiger partial charge is 0.497 e. The molecule has 1 unspecified atom stereocenters. The molecular weight excluding hydrogens is 504 g/mol. The molecule has 4 rings (SSSR count). The van der Waals surface area contributed by atoms with Crippen molar-refractivity contribution in [2.24, 2.45) is 5.92 Å². The van der Waals surface area contributed by atoms with Gasteiger partial charge in [-0.1, -0.05) is 25.0 Å². The maximum atomic E-state index is 13.5. The molecule has 1 aromatic rings. The van der Waals surface area contributed by atoms with Gasteiger partial charge >= 0.3 is 0 Å². The van der Waals surface area contributed by atoms with Crippen LogP contribution in [0.1, 0.15) is 45.1 Å². The van der Waals surface area contributed by atoms with Crippen LogP contribution in [0.3, 0.4) is 0 Å². The molecule has 11 heteroatoms. The number of carbonyl (C=O) groups is 4. The molecule has 2 aliphatic heterocycles. The number of morpholine rings is 1. The van der Waals surface area contributed by atoms with Crippen LogP contribution in [0.2, 0.25) is 0 Å². The number of benzene rings is 1. The number of rotatable bonds is 14. The Bertz CT molecular complexity index is 1030. The fourth-order valence-corrected chi connectivity index (χ4v) is 4.64. The second kappa shape index (κ2) is 12.9. The Labute approximate surface area is 229 Å². The number of Topliss-reactive ketones (excluding diaryl/α,β-unsaturated/α-hetero) is 1. The van der Waals surface area contributed by atoms with Gasteiger partial charge in [0, 0.05) is 19.5 Å². The Balaban J connectivity index is 1.41. The van der Waals surface area contributed by atoms with E-state index in [9.17, 15) is 19.2 Å². The summed E-state index contributed by atoms with van der Waals surface area (Å²) < 4.78 is 16.1. The quantitative estimate of drug-likeness (QED) is 0.244. The molecule has 1 aliphatic carbocycles. The summed E-state index contributed by atoms with van der Waals surface area (Å²) in [5, 5.41) is 11.5. The lowest BCUT2D eigenvalue weighted by molar-refractivity contribution is -0.134. The third-order valence-corrected chi connectivity index (χ3v) is 7.42. The van der Waals surface area contributed by atoms with E-state index in [4.69, 9.17) is 14.2 Å². The molecule has 0 radical (unpaired) electrons. The molecule has 2 saturated heterocycles. The molecule has 3 fully saturated rings. The van der Waals surface area contributed by atoms with Gasteiger partial charge < -0.3 is 35.5 Å². The number of ether oxygens (including phenoxy) is 3. The first-order valence-corrected chi connectivity index (χ1v) is 13.7. The standard InChI is InChI=1S/C28H40N4O7/c1-17(30-24(33)14-21-15-29-10-11-38-21)26(35)32-23(13-19-6-8-20(37-3)9-7-19)27(36)31-22(12-18-4-5-18)25(34)28(2)16-39-28/h6-9,17-18,21-23,29H,4-5,10-16H2,1-3H3,(H,30,33)(H,31,36)(H,32,35)/t17-,21?,22-,23-,28+/m0/s1. The molecule has 3 aliphatic rings. The first kappa shape index (κ1) is 29.0. The first-order valence-electron chi connectivity index (χ1n) is 13.7. The minimum atomic E-state index is -0.960. The number of epoxide rings is 1. The summed E-state index contributed by atoms with van der Waals surface area (Å²) >= 11 is 0. The highest BCUT2D eigenvalue weighted by molar-refractivity contribution is 5.98. The highest BCUT2D eigenvalue weighted by Gasteiger charge is 2.51. The van der Waals surface area contributed by atoms with Crippen molar-refractivity contribution in [3.8, 4) is 5.75 Å². The van der Waals surface area contributed by atoms with Gasteiger partial charge in [-0.05, 0) is 43.9 Å². The van der Waals surface area contributed by atoms with E-state index in [0.29, 0.717) is 37.8 Å². The van der Waals surface area contributed by atoms with Crippen LogP contribution in [-0.2, 0) is 35.1 Å². The van der Waals surface area contributed by atoms with Crippen molar-refractivity contribution in [3.63, 3.8) is 0 Å². The molecule has 0 bridgehead atoms. The maximum absolute atomic E-state index is 13.5. The van der Waals surface area contributed by atoms with E-state index >= 15 is 0 Å². The predicted octanol–water partition coefficient (Wildman–Crippen LogP) is 0.249. The minimum Gasteiger partial charge on any atom is -0.497 e. The number of amides is 3. The lowest BCUT2D eigenvalue weighted by atomic mass is 9.95. The highest BCUT2D eigenvalue weighted by atomic mass is 16.6. The van der Waals surface area contributed by atoms with E-state index in [-0.39, 0.29) is 30.6 Å². The van der Waals surface area contributed by atoms with E-state index in [1.54, 1.807) is 33.1 Å². The Morgan fingerprint density at radius 2 is 1.77 bits per heavy atom. The van der Waals surface area contributed by atoms with E-state index in [0.717, 1.165) is 24.9 Å².